The zero-order valence-electron chi connectivity index (χ0n) is 6.92. The van der Waals surface area contributed by atoms with Gasteiger partial charge in [0, 0.05) is 24.6 Å². The van der Waals surface area contributed by atoms with Crippen molar-refractivity contribution in [3.63, 3.8) is 0 Å². The van der Waals surface area contributed by atoms with E-state index in [0.717, 1.165) is 16.3 Å². The summed E-state index contributed by atoms with van der Waals surface area (Å²) in [6, 6.07) is 1.88. The first-order valence-electron chi connectivity index (χ1n) is 3.73. The molecule has 4 heteroatoms. The number of ether oxygens (including phenoxy) is 1. The summed E-state index contributed by atoms with van der Waals surface area (Å²) in [6.45, 7) is 0.676. The van der Waals surface area contributed by atoms with Gasteiger partial charge >= 0.3 is 0 Å². The van der Waals surface area contributed by atoms with Crippen LogP contribution in [-0.2, 0) is 4.74 Å². The molecule has 0 aliphatic rings. The Bertz CT molecular complexity index is 239. The molecule has 0 radical (unpaired) electrons. The van der Waals surface area contributed by atoms with Crippen molar-refractivity contribution >= 4 is 22.9 Å². The van der Waals surface area contributed by atoms with Gasteiger partial charge in [0.05, 0.1) is 5.02 Å². The van der Waals surface area contributed by atoms with Crippen molar-refractivity contribution in [2.45, 2.75) is 12.5 Å². The summed E-state index contributed by atoms with van der Waals surface area (Å²) in [4.78, 5) is 1.05. The van der Waals surface area contributed by atoms with Crippen molar-refractivity contribution in [2.75, 3.05) is 13.7 Å². The predicted molar refractivity (Wildman–Crippen MR) is 52.8 cm³/mol. The summed E-state index contributed by atoms with van der Waals surface area (Å²) >= 11 is 7.50. The number of rotatable bonds is 4. The van der Waals surface area contributed by atoms with Gasteiger partial charge in [0.25, 0.3) is 0 Å². The van der Waals surface area contributed by atoms with Crippen molar-refractivity contribution in [1.82, 2.24) is 0 Å². The average molecular weight is 206 g/mol. The maximum absolute atomic E-state index is 5.90. The van der Waals surface area contributed by atoms with Crippen molar-refractivity contribution in [1.29, 1.82) is 0 Å². The predicted octanol–water partition coefficient (Wildman–Crippen LogP) is 2.44. The lowest BCUT2D eigenvalue weighted by Crippen LogP contribution is -2.11. The first-order valence-corrected chi connectivity index (χ1v) is 4.99. The van der Waals surface area contributed by atoms with Crippen LogP contribution in [0, 0.1) is 0 Å². The van der Waals surface area contributed by atoms with Crippen LogP contribution in [0.1, 0.15) is 17.3 Å². The highest BCUT2D eigenvalue weighted by atomic mass is 35.5. The summed E-state index contributed by atoms with van der Waals surface area (Å²) in [7, 11) is 1.67. The van der Waals surface area contributed by atoms with Crippen LogP contribution < -0.4 is 5.73 Å². The molecule has 0 fully saturated rings. The molecule has 0 amide bonds. The Morgan fingerprint density at radius 2 is 2.50 bits per heavy atom. The number of nitrogens with two attached hydrogens (primary N) is 1. The van der Waals surface area contributed by atoms with Crippen LogP contribution in [0.4, 0.5) is 0 Å². The van der Waals surface area contributed by atoms with Gasteiger partial charge in [-0.15, -0.1) is 11.3 Å². The van der Waals surface area contributed by atoms with E-state index in [0.29, 0.717) is 6.61 Å². The SMILES string of the molecule is COCCC(N)c1sccc1Cl. The highest BCUT2D eigenvalue weighted by molar-refractivity contribution is 7.10. The lowest BCUT2D eigenvalue weighted by molar-refractivity contribution is 0.188. The summed E-state index contributed by atoms with van der Waals surface area (Å²) in [5, 5.41) is 2.72. The monoisotopic (exact) mass is 205 g/mol. The molecule has 12 heavy (non-hydrogen) atoms. The highest BCUT2D eigenvalue weighted by Crippen LogP contribution is 2.28. The van der Waals surface area contributed by atoms with Crippen molar-refractivity contribution < 1.29 is 4.74 Å². The van der Waals surface area contributed by atoms with Gasteiger partial charge in [0.15, 0.2) is 0 Å². The molecule has 0 spiro atoms. The first kappa shape index (κ1) is 9.99. The molecule has 1 aromatic rings. The third-order valence-electron chi connectivity index (χ3n) is 1.61. The summed E-state index contributed by atoms with van der Waals surface area (Å²) < 4.78 is 4.93. The minimum Gasteiger partial charge on any atom is -0.385 e. The second-order valence-corrected chi connectivity index (χ2v) is 3.88. The first-order chi connectivity index (χ1) is 5.75. The molecule has 2 N–H and O–H groups in total. The third-order valence-corrected chi connectivity index (χ3v) is 3.10. The molecular weight excluding hydrogens is 194 g/mol. The van der Waals surface area contributed by atoms with Crippen LogP contribution in [0.5, 0.6) is 0 Å². The topological polar surface area (TPSA) is 35.2 Å². The number of thiophene rings is 1. The molecule has 1 atom stereocenters. The van der Waals surface area contributed by atoms with E-state index in [2.05, 4.69) is 0 Å². The van der Waals surface area contributed by atoms with E-state index in [1.54, 1.807) is 18.4 Å². The van der Waals surface area contributed by atoms with E-state index in [4.69, 9.17) is 22.1 Å². The second-order valence-electron chi connectivity index (χ2n) is 2.52. The number of methoxy groups -OCH3 is 1. The molecule has 0 bridgehead atoms. The minimum absolute atomic E-state index is 0.0115. The third kappa shape index (κ3) is 2.45. The molecule has 1 unspecified atom stereocenters. The molecule has 1 rings (SSSR count). The number of hydrogen-bond donors (Lipinski definition) is 1. The maximum Gasteiger partial charge on any atom is 0.0561 e. The Labute approximate surface area is 81.3 Å². The summed E-state index contributed by atoms with van der Waals surface area (Å²) in [5.41, 5.74) is 5.87. The summed E-state index contributed by atoms with van der Waals surface area (Å²) in [5.74, 6) is 0. The van der Waals surface area contributed by atoms with Crippen LogP contribution in [0.3, 0.4) is 0 Å². The van der Waals surface area contributed by atoms with E-state index in [1.165, 1.54) is 0 Å². The average Bonchev–Trinajstić information content (AvgIpc) is 2.47. The highest BCUT2D eigenvalue weighted by Gasteiger charge is 2.10. The Balaban J connectivity index is 2.52. The zero-order chi connectivity index (χ0) is 8.97. The summed E-state index contributed by atoms with van der Waals surface area (Å²) in [6.07, 6.45) is 0.816. The molecule has 2 nitrogen and oxygen atoms in total. The molecule has 0 aliphatic heterocycles. The quantitative estimate of drug-likeness (QED) is 0.820. The Morgan fingerprint density at radius 1 is 1.75 bits per heavy atom. The lowest BCUT2D eigenvalue weighted by Gasteiger charge is -2.08. The molecule has 0 saturated carbocycles. The van der Waals surface area contributed by atoms with Gasteiger partial charge in [-0.05, 0) is 17.9 Å². The Kier molecular flexibility index (Phi) is 4.01. The van der Waals surface area contributed by atoms with E-state index in [-0.39, 0.29) is 6.04 Å². The molecular formula is C8H12ClNOS. The number of halogens is 1. The smallest absolute Gasteiger partial charge is 0.0561 e. The van der Waals surface area contributed by atoms with Crippen molar-refractivity contribution in [3.8, 4) is 0 Å². The van der Waals surface area contributed by atoms with Gasteiger partial charge in [-0.2, -0.15) is 0 Å². The van der Waals surface area contributed by atoms with E-state index in [9.17, 15) is 0 Å². The molecule has 0 saturated heterocycles. The van der Waals surface area contributed by atoms with Crippen molar-refractivity contribution in [3.05, 3.63) is 21.3 Å². The molecule has 1 aromatic heterocycles. The fraction of sp³-hybridized carbons (Fsp3) is 0.500. The van der Waals surface area contributed by atoms with Gasteiger partial charge in [-0.1, -0.05) is 11.6 Å². The van der Waals surface area contributed by atoms with Crippen LogP contribution in [-0.4, -0.2) is 13.7 Å². The molecule has 1 heterocycles. The van der Waals surface area contributed by atoms with Gasteiger partial charge < -0.3 is 10.5 Å². The fourth-order valence-corrected chi connectivity index (χ4v) is 2.18. The van der Waals surface area contributed by atoms with Crippen LogP contribution in [0.15, 0.2) is 11.4 Å². The largest absolute Gasteiger partial charge is 0.385 e. The van der Waals surface area contributed by atoms with Gasteiger partial charge in [-0.3, -0.25) is 0 Å². The van der Waals surface area contributed by atoms with E-state index < -0.39 is 0 Å². The van der Waals surface area contributed by atoms with Crippen molar-refractivity contribution in [2.24, 2.45) is 5.73 Å². The standard InChI is InChI=1S/C8H12ClNOS/c1-11-4-2-7(10)8-6(9)3-5-12-8/h3,5,7H,2,4,10H2,1H3. The minimum atomic E-state index is 0.0115. The molecule has 0 aliphatic carbocycles. The fourth-order valence-electron chi connectivity index (χ4n) is 0.946. The molecule has 0 aromatic carbocycles. The second kappa shape index (κ2) is 4.82. The zero-order valence-corrected chi connectivity index (χ0v) is 8.49. The van der Waals surface area contributed by atoms with Crippen LogP contribution in [0.2, 0.25) is 5.02 Å². The Hall–Kier alpha value is -0.0900. The lowest BCUT2D eigenvalue weighted by atomic mass is 10.2. The molecule has 68 valence electrons. The maximum atomic E-state index is 5.90. The number of hydrogen-bond acceptors (Lipinski definition) is 3. The van der Waals surface area contributed by atoms with Crippen LogP contribution in [0.25, 0.3) is 0 Å². The van der Waals surface area contributed by atoms with E-state index >= 15 is 0 Å². The van der Waals surface area contributed by atoms with Gasteiger partial charge in [0.2, 0.25) is 0 Å². The Morgan fingerprint density at radius 3 is 3.00 bits per heavy atom. The van der Waals surface area contributed by atoms with E-state index in [1.807, 2.05) is 11.4 Å². The van der Waals surface area contributed by atoms with Crippen LogP contribution >= 0.6 is 22.9 Å². The van der Waals surface area contributed by atoms with Gasteiger partial charge in [-0.25, -0.2) is 0 Å². The van der Waals surface area contributed by atoms with Gasteiger partial charge in [0.1, 0.15) is 0 Å². The normalized spacial score (nSPS) is 13.2.